The lowest BCUT2D eigenvalue weighted by atomic mass is 10.0. The van der Waals surface area contributed by atoms with E-state index in [0.717, 1.165) is 22.7 Å². The number of hydrogen-bond acceptors (Lipinski definition) is 4. The number of benzene rings is 3. The van der Waals surface area contributed by atoms with Crippen LogP contribution in [0, 0.1) is 0 Å². The standard InChI is InChI=1S/C24H20ClN3O3.H2O/c1-27(30)24(29)21-6-4-3-5-20(21)22-15-23(16-7-9-17(25)10-8-16)28(26-22)18-11-13-19(31-2)14-12-18;/h3-15,30H,1-2H3;1H2. The Balaban J connectivity index is 0.00000289. The molecule has 0 saturated heterocycles. The van der Waals surface area contributed by atoms with Crippen molar-refractivity contribution < 1.29 is 20.2 Å². The molecule has 0 unspecified atom stereocenters. The molecule has 32 heavy (non-hydrogen) atoms. The van der Waals surface area contributed by atoms with Crippen molar-refractivity contribution in [3.63, 3.8) is 0 Å². The van der Waals surface area contributed by atoms with Crippen LogP contribution in [0.1, 0.15) is 10.4 Å². The molecule has 3 N–H and O–H groups in total. The van der Waals surface area contributed by atoms with Crippen LogP contribution in [0.5, 0.6) is 5.75 Å². The van der Waals surface area contributed by atoms with Gasteiger partial charge >= 0.3 is 0 Å². The Morgan fingerprint density at radius 3 is 2.31 bits per heavy atom. The monoisotopic (exact) mass is 451 g/mol. The number of aromatic nitrogens is 2. The molecule has 4 rings (SSSR count). The van der Waals surface area contributed by atoms with Crippen LogP contribution in [0.2, 0.25) is 5.02 Å². The summed E-state index contributed by atoms with van der Waals surface area (Å²) in [7, 11) is 2.92. The average molecular weight is 452 g/mol. The first-order valence-corrected chi connectivity index (χ1v) is 9.92. The predicted octanol–water partition coefficient (Wildman–Crippen LogP) is 4.50. The van der Waals surface area contributed by atoms with Gasteiger partial charge in [-0.2, -0.15) is 5.10 Å². The molecule has 0 atom stereocenters. The molecule has 0 spiro atoms. The van der Waals surface area contributed by atoms with Crippen molar-refractivity contribution in [3.8, 4) is 34.0 Å². The highest BCUT2D eigenvalue weighted by Crippen LogP contribution is 2.31. The number of nitrogens with zero attached hydrogens (tertiary/aromatic N) is 3. The molecule has 0 fully saturated rings. The molecule has 1 amide bonds. The van der Waals surface area contributed by atoms with Gasteiger partial charge in [0.1, 0.15) is 5.75 Å². The minimum atomic E-state index is -0.511. The molecule has 0 saturated carbocycles. The van der Waals surface area contributed by atoms with Gasteiger partial charge < -0.3 is 10.2 Å². The van der Waals surface area contributed by atoms with Gasteiger partial charge in [-0.3, -0.25) is 10.0 Å². The van der Waals surface area contributed by atoms with E-state index in [4.69, 9.17) is 21.4 Å². The summed E-state index contributed by atoms with van der Waals surface area (Å²) < 4.78 is 7.07. The number of halogens is 1. The van der Waals surface area contributed by atoms with E-state index in [0.29, 0.717) is 26.9 Å². The Bertz CT molecular complexity index is 1220. The number of methoxy groups -OCH3 is 1. The van der Waals surface area contributed by atoms with Gasteiger partial charge in [0.25, 0.3) is 5.91 Å². The Morgan fingerprint density at radius 1 is 1.03 bits per heavy atom. The number of hydroxylamine groups is 2. The zero-order valence-electron chi connectivity index (χ0n) is 17.5. The number of hydrogen-bond donors (Lipinski definition) is 1. The van der Waals surface area contributed by atoms with E-state index in [1.807, 2.05) is 71.4 Å². The maximum Gasteiger partial charge on any atom is 0.277 e. The van der Waals surface area contributed by atoms with Gasteiger partial charge in [0.05, 0.1) is 29.7 Å². The molecule has 3 aromatic carbocycles. The molecule has 0 aliphatic carbocycles. The number of carbonyl (C=O) groups excluding carboxylic acids is 1. The van der Waals surface area contributed by atoms with Gasteiger partial charge in [-0.1, -0.05) is 41.9 Å². The van der Waals surface area contributed by atoms with Crippen LogP contribution >= 0.6 is 11.6 Å². The Morgan fingerprint density at radius 2 is 1.69 bits per heavy atom. The molecule has 0 aliphatic rings. The molecule has 0 bridgehead atoms. The van der Waals surface area contributed by atoms with Crippen LogP contribution < -0.4 is 4.74 Å². The molecular weight excluding hydrogens is 430 g/mol. The highest BCUT2D eigenvalue weighted by atomic mass is 35.5. The summed E-state index contributed by atoms with van der Waals surface area (Å²) >= 11 is 6.07. The van der Waals surface area contributed by atoms with Gasteiger partial charge in [-0.15, -0.1) is 0 Å². The SMILES string of the molecule is COc1ccc(-n2nc(-c3ccccc3C(=O)N(C)O)cc2-c2ccc(Cl)cc2)cc1.O. The van der Waals surface area contributed by atoms with E-state index in [1.54, 1.807) is 19.2 Å². The van der Waals surface area contributed by atoms with E-state index < -0.39 is 5.91 Å². The first-order valence-electron chi connectivity index (χ1n) is 9.54. The second-order valence-corrected chi connectivity index (χ2v) is 7.34. The second-order valence-electron chi connectivity index (χ2n) is 6.91. The van der Waals surface area contributed by atoms with Crippen LogP contribution in [-0.4, -0.2) is 45.6 Å². The van der Waals surface area contributed by atoms with Crippen molar-refractivity contribution in [2.24, 2.45) is 0 Å². The lowest BCUT2D eigenvalue weighted by molar-refractivity contribution is -0.0374. The summed E-state index contributed by atoms with van der Waals surface area (Å²) in [6.07, 6.45) is 0. The Labute approximate surface area is 190 Å². The van der Waals surface area contributed by atoms with Crippen LogP contribution in [0.25, 0.3) is 28.2 Å². The Kier molecular flexibility index (Phi) is 6.95. The molecule has 7 nitrogen and oxygen atoms in total. The third kappa shape index (κ3) is 4.50. The molecule has 1 aromatic heterocycles. The molecule has 8 heteroatoms. The van der Waals surface area contributed by atoms with E-state index in [9.17, 15) is 10.0 Å². The molecule has 0 aliphatic heterocycles. The number of ether oxygens (including phenoxy) is 1. The van der Waals surface area contributed by atoms with E-state index >= 15 is 0 Å². The van der Waals surface area contributed by atoms with E-state index in [-0.39, 0.29) is 5.48 Å². The number of amides is 1. The van der Waals surface area contributed by atoms with Crippen LogP contribution in [-0.2, 0) is 0 Å². The molecule has 4 aromatic rings. The summed E-state index contributed by atoms with van der Waals surface area (Å²) in [4.78, 5) is 12.5. The summed E-state index contributed by atoms with van der Waals surface area (Å²) in [6.45, 7) is 0. The van der Waals surface area contributed by atoms with Crippen molar-refractivity contribution in [2.75, 3.05) is 14.2 Å². The zero-order valence-corrected chi connectivity index (χ0v) is 18.2. The Hall–Kier alpha value is -3.65. The van der Waals surface area contributed by atoms with Gasteiger partial charge in [-0.25, -0.2) is 9.75 Å². The first kappa shape index (κ1) is 23.0. The third-order valence-corrected chi connectivity index (χ3v) is 5.15. The molecule has 0 radical (unpaired) electrons. The largest absolute Gasteiger partial charge is 0.497 e. The second kappa shape index (κ2) is 9.65. The first-order chi connectivity index (χ1) is 15.0. The minimum absolute atomic E-state index is 0. The van der Waals surface area contributed by atoms with Crippen LogP contribution in [0.4, 0.5) is 0 Å². The van der Waals surface area contributed by atoms with Crippen molar-refractivity contribution >= 4 is 17.5 Å². The van der Waals surface area contributed by atoms with E-state index in [1.165, 1.54) is 7.05 Å². The van der Waals surface area contributed by atoms with Crippen molar-refractivity contribution in [2.45, 2.75) is 0 Å². The fourth-order valence-corrected chi connectivity index (χ4v) is 3.45. The van der Waals surface area contributed by atoms with Crippen LogP contribution in [0.3, 0.4) is 0 Å². The predicted molar refractivity (Wildman–Crippen MR) is 123 cm³/mol. The minimum Gasteiger partial charge on any atom is -0.497 e. The number of rotatable bonds is 5. The lowest BCUT2D eigenvalue weighted by Crippen LogP contribution is -2.23. The topological polar surface area (TPSA) is 99.1 Å². The average Bonchev–Trinajstić information content (AvgIpc) is 3.24. The summed E-state index contributed by atoms with van der Waals surface area (Å²) in [5.74, 6) is 0.230. The molecule has 164 valence electrons. The van der Waals surface area contributed by atoms with Crippen molar-refractivity contribution in [3.05, 3.63) is 89.4 Å². The van der Waals surface area contributed by atoms with Crippen LogP contribution in [0.15, 0.2) is 78.9 Å². The van der Waals surface area contributed by atoms with Gasteiger partial charge in [0, 0.05) is 23.2 Å². The highest BCUT2D eigenvalue weighted by Gasteiger charge is 2.19. The smallest absolute Gasteiger partial charge is 0.277 e. The molecular formula is C24H22ClN3O4. The van der Waals surface area contributed by atoms with Crippen molar-refractivity contribution in [1.29, 1.82) is 0 Å². The fraction of sp³-hybridized carbons (Fsp3) is 0.0833. The quantitative estimate of drug-likeness (QED) is 0.356. The summed E-state index contributed by atoms with van der Waals surface area (Å²) in [5, 5.41) is 15.7. The fourth-order valence-electron chi connectivity index (χ4n) is 3.33. The van der Waals surface area contributed by atoms with Crippen molar-refractivity contribution in [1.82, 2.24) is 14.8 Å². The molecule has 1 heterocycles. The zero-order chi connectivity index (χ0) is 22.0. The van der Waals surface area contributed by atoms with Gasteiger partial charge in [0.2, 0.25) is 0 Å². The number of carbonyl (C=O) groups is 1. The summed E-state index contributed by atoms with van der Waals surface area (Å²) in [5.41, 5.74) is 4.16. The normalized spacial score (nSPS) is 10.4. The third-order valence-electron chi connectivity index (χ3n) is 4.89. The maximum absolute atomic E-state index is 12.5. The highest BCUT2D eigenvalue weighted by molar-refractivity contribution is 6.30. The summed E-state index contributed by atoms with van der Waals surface area (Å²) in [6, 6.07) is 24.0. The van der Waals surface area contributed by atoms with Gasteiger partial charge in [-0.05, 0) is 48.5 Å². The maximum atomic E-state index is 12.5. The lowest BCUT2D eigenvalue weighted by Gasteiger charge is -2.11. The van der Waals surface area contributed by atoms with E-state index in [2.05, 4.69) is 0 Å². The van der Waals surface area contributed by atoms with Gasteiger partial charge in [0.15, 0.2) is 0 Å².